The standard InChI is InChI=1S/C15H17F2N3O2S2.2ClH/c1-24(21,22)20-13-2-3-18-14(13)7-12-8-23-15(19-12)9-4-10(16)6-11(17)5-9;;/h4-6,8,13-14,18,20H,2-3,7H2,1H3;2*1H/t13-,14-;;/m0../s1. The Morgan fingerprint density at radius 3 is 2.54 bits per heavy atom. The van der Waals surface area contributed by atoms with Crippen LogP contribution in [0.15, 0.2) is 23.6 Å². The van der Waals surface area contributed by atoms with Gasteiger partial charge in [-0.25, -0.2) is 26.9 Å². The highest BCUT2D eigenvalue weighted by molar-refractivity contribution is 7.88. The SMILES string of the molecule is CS(=O)(=O)N[C@H]1CCN[C@H]1Cc1csc(-c2cc(F)cc(F)c2)n1.Cl.Cl. The maximum Gasteiger partial charge on any atom is 0.209 e. The van der Waals surface area contributed by atoms with E-state index in [0.29, 0.717) is 23.4 Å². The molecule has 3 rings (SSSR count). The zero-order valence-electron chi connectivity index (χ0n) is 13.7. The molecule has 0 unspecified atom stereocenters. The Balaban J connectivity index is 0.00000169. The number of nitrogens with one attached hydrogen (secondary N) is 2. The molecule has 1 aromatic carbocycles. The first kappa shape index (κ1) is 23.2. The number of hydrogen-bond acceptors (Lipinski definition) is 5. The van der Waals surface area contributed by atoms with Crippen molar-refractivity contribution in [2.45, 2.75) is 24.9 Å². The van der Waals surface area contributed by atoms with Crippen molar-refractivity contribution in [2.24, 2.45) is 0 Å². The second-order valence-corrected chi connectivity index (χ2v) is 8.49. The number of benzene rings is 1. The Labute approximate surface area is 167 Å². The van der Waals surface area contributed by atoms with Crippen molar-refractivity contribution in [2.75, 3.05) is 12.8 Å². The molecule has 26 heavy (non-hydrogen) atoms. The molecule has 1 aromatic heterocycles. The van der Waals surface area contributed by atoms with E-state index in [1.54, 1.807) is 0 Å². The van der Waals surface area contributed by atoms with Crippen molar-refractivity contribution < 1.29 is 17.2 Å². The van der Waals surface area contributed by atoms with Crippen molar-refractivity contribution in [3.8, 4) is 10.6 Å². The molecule has 1 aliphatic rings. The van der Waals surface area contributed by atoms with Crippen molar-refractivity contribution >= 4 is 46.2 Å². The first-order chi connectivity index (χ1) is 11.3. The average molecular weight is 446 g/mol. The molecule has 2 aromatic rings. The number of aromatic nitrogens is 1. The average Bonchev–Trinajstić information content (AvgIpc) is 3.07. The molecule has 0 aliphatic carbocycles. The third-order valence-electron chi connectivity index (χ3n) is 3.80. The van der Waals surface area contributed by atoms with Crippen LogP contribution in [0.25, 0.3) is 10.6 Å². The molecular formula is C15H19Cl2F2N3O2S2. The number of rotatable bonds is 5. The summed E-state index contributed by atoms with van der Waals surface area (Å²) in [4.78, 5) is 4.43. The van der Waals surface area contributed by atoms with E-state index >= 15 is 0 Å². The van der Waals surface area contributed by atoms with Gasteiger partial charge in [0.15, 0.2) is 0 Å². The minimum atomic E-state index is -3.27. The first-order valence-corrected chi connectivity index (χ1v) is 10.2. The smallest absolute Gasteiger partial charge is 0.209 e. The normalized spacial score (nSPS) is 19.7. The van der Waals surface area contributed by atoms with Crippen LogP contribution in [-0.2, 0) is 16.4 Å². The monoisotopic (exact) mass is 445 g/mol. The van der Waals surface area contributed by atoms with Gasteiger partial charge in [-0.15, -0.1) is 36.2 Å². The van der Waals surface area contributed by atoms with Gasteiger partial charge < -0.3 is 5.32 Å². The lowest BCUT2D eigenvalue weighted by Crippen LogP contribution is -2.44. The number of halogens is 4. The molecule has 2 atom stereocenters. The number of nitrogens with zero attached hydrogens (tertiary/aromatic N) is 1. The zero-order chi connectivity index (χ0) is 17.3. The molecule has 11 heteroatoms. The molecule has 1 saturated heterocycles. The Morgan fingerprint density at radius 1 is 1.27 bits per heavy atom. The lowest BCUT2D eigenvalue weighted by molar-refractivity contribution is 0.491. The predicted octanol–water partition coefficient (Wildman–Crippen LogP) is 2.75. The molecular weight excluding hydrogens is 427 g/mol. The molecule has 5 nitrogen and oxygen atoms in total. The maximum absolute atomic E-state index is 13.3. The van der Waals surface area contributed by atoms with E-state index in [0.717, 1.165) is 24.6 Å². The van der Waals surface area contributed by atoms with E-state index in [2.05, 4.69) is 15.0 Å². The third-order valence-corrected chi connectivity index (χ3v) is 5.47. The van der Waals surface area contributed by atoms with Gasteiger partial charge in [-0.2, -0.15) is 0 Å². The Kier molecular flexibility index (Phi) is 8.37. The minimum absolute atomic E-state index is 0. The summed E-state index contributed by atoms with van der Waals surface area (Å²) in [6.07, 6.45) is 2.40. The highest BCUT2D eigenvalue weighted by Crippen LogP contribution is 2.26. The van der Waals surface area contributed by atoms with Gasteiger partial charge in [0, 0.05) is 35.5 Å². The molecule has 2 heterocycles. The second-order valence-electron chi connectivity index (χ2n) is 5.85. The summed E-state index contributed by atoms with van der Waals surface area (Å²) in [5.41, 5.74) is 1.16. The van der Waals surface area contributed by atoms with Gasteiger partial charge in [0.1, 0.15) is 16.6 Å². The van der Waals surface area contributed by atoms with E-state index in [-0.39, 0.29) is 36.9 Å². The van der Waals surface area contributed by atoms with Crippen LogP contribution in [-0.4, -0.2) is 38.3 Å². The van der Waals surface area contributed by atoms with Crippen molar-refractivity contribution in [3.05, 3.63) is 40.9 Å². The Hall–Kier alpha value is -0.840. The second kappa shape index (κ2) is 9.38. The topological polar surface area (TPSA) is 71.1 Å². The van der Waals surface area contributed by atoms with Crippen molar-refractivity contribution in [3.63, 3.8) is 0 Å². The minimum Gasteiger partial charge on any atom is -0.312 e. The van der Waals surface area contributed by atoms with Crippen LogP contribution >= 0.6 is 36.2 Å². The molecule has 0 saturated carbocycles. The van der Waals surface area contributed by atoms with Crippen LogP contribution in [0.1, 0.15) is 12.1 Å². The van der Waals surface area contributed by atoms with Gasteiger partial charge in [-0.1, -0.05) is 0 Å². The Morgan fingerprint density at radius 2 is 1.92 bits per heavy atom. The lowest BCUT2D eigenvalue weighted by atomic mass is 10.1. The van der Waals surface area contributed by atoms with Crippen LogP contribution in [0, 0.1) is 11.6 Å². The van der Waals surface area contributed by atoms with Crippen LogP contribution in [0.2, 0.25) is 0 Å². The molecule has 0 spiro atoms. The van der Waals surface area contributed by atoms with Gasteiger partial charge in [0.05, 0.1) is 11.9 Å². The van der Waals surface area contributed by atoms with E-state index in [9.17, 15) is 17.2 Å². The van der Waals surface area contributed by atoms with Crippen LogP contribution in [0.4, 0.5) is 8.78 Å². The van der Waals surface area contributed by atoms with E-state index < -0.39 is 21.7 Å². The third kappa shape index (κ3) is 6.11. The largest absolute Gasteiger partial charge is 0.312 e. The van der Waals surface area contributed by atoms with Crippen molar-refractivity contribution in [1.82, 2.24) is 15.0 Å². The summed E-state index contributed by atoms with van der Waals surface area (Å²) in [5, 5.41) is 5.63. The molecule has 1 aliphatic heterocycles. The van der Waals surface area contributed by atoms with Gasteiger partial charge in [-0.3, -0.25) is 0 Å². The molecule has 0 bridgehead atoms. The maximum atomic E-state index is 13.3. The zero-order valence-corrected chi connectivity index (χ0v) is 17.0. The van der Waals surface area contributed by atoms with E-state index in [1.807, 2.05) is 5.38 Å². The molecule has 2 N–H and O–H groups in total. The molecule has 146 valence electrons. The van der Waals surface area contributed by atoms with E-state index in [1.165, 1.54) is 23.5 Å². The fourth-order valence-corrected chi connectivity index (χ4v) is 4.49. The van der Waals surface area contributed by atoms with Gasteiger partial charge in [-0.05, 0) is 25.1 Å². The molecule has 0 amide bonds. The number of sulfonamides is 1. The number of thiazole rings is 1. The summed E-state index contributed by atoms with van der Waals surface area (Å²) in [6.45, 7) is 0.726. The van der Waals surface area contributed by atoms with Crippen LogP contribution < -0.4 is 10.0 Å². The van der Waals surface area contributed by atoms with Crippen LogP contribution in [0.5, 0.6) is 0 Å². The highest BCUT2D eigenvalue weighted by atomic mass is 35.5. The first-order valence-electron chi connectivity index (χ1n) is 7.42. The molecule has 0 radical (unpaired) electrons. The molecule has 1 fully saturated rings. The van der Waals surface area contributed by atoms with Gasteiger partial charge in [0.25, 0.3) is 0 Å². The van der Waals surface area contributed by atoms with Crippen LogP contribution in [0.3, 0.4) is 0 Å². The van der Waals surface area contributed by atoms with Gasteiger partial charge >= 0.3 is 0 Å². The fraction of sp³-hybridized carbons (Fsp3) is 0.400. The van der Waals surface area contributed by atoms with Crippen molar-refractivity contribution in [1.29, 1.82) is 0 Å². The lowest BCUT2D eigenvalue weighted by Gasteiger charge is -2.18. The number of hydrogen-bond donors (Lipinski definition) is 2. The quantitative estimate of drug-likeness (QED) is 0.741. The fourth-order valence-electron chi connectivity index (χ4n) is 2.83. The van der Waals surface area contributed by atoms with Gasteiger partial charge in [0.2, 0.25) is 10.0 Å². The predicted molar refractivity (Wildman–Crippen MR) is 104 cm³/mol. The summed E-state index contributed by atoms with van der Waals surface area (Å²) in [5.74, 6) is -1.28. The summed E-state index contributed by atoms with van der Waals surface area (Å²) in [7, 11) is -3.27. The summed E-state index contributed by atoms with van der Waals surface area (Å²) >= 11 is 1.31. The van der Waals surface area contributed by atoms with E-state index in [4.69, 9.17) is 0 Å². The summed E-state index contributed by atoms with van der Waals surface area (Å²) < 4.78 is 52.1. The Bertz CT molecular complexity index is 829. The summed E-state index contributed by atoms with van der Waals surface area (Å²) in [6, 6.07) is 3.07. The highest BCUT2D eigenvalue weighted by Gasteiger charge is 2.29.